The molecule has 0 radical (unpaired) electrons. The number of amides is 1. The highest BCUT2D eigenvalue weighted by Crippen LogP contribution is 2.36. The first kappa shape index (κ1) is 13.4. The highest BCUT2D eigenvalue weighted by atomic mass is 79.9. The van der Waals surface area contributed by atoms with Crippen LogP contribution >= 0.6 is 15.9 Å². The SMILES string of the molecule is C[C@@H](Br)C(=O)N1CCc2ccc(C(F)(F)F)cc21. The summed E-state index contributed by atoms with van der Waals surface area (Å²) in [7, 11) is 0. The Morgan fingerprint density at radius 1 is 1.44 bits per heavy atom. The number of carbonyl (C=O) groups is 1. The first-order valence-corrected chi connectivity index (χ1v) is 6.38. The molecule has 0 saturated heterocycles. The molecule has 0 spiro atoms. The second kappa shape index (κ2) is 4.57. The predicted octanol–water partition coefficient (Wildman–Crippen LogP) is 3.38. The summed E-state index contributed by atoms with van der Waals surface area (Å²) >= 11 is 3.15. The summed E-state index contributed by atoms with van der Waals surface area (Å²) in [6.45, 7) is 2.10. The van der Waals surface area contributed by atoms with Gasteiger partial charge in [-0.2, -0.15) is 13.2 Å². The van der Waals surface area contributed by atoms with E-state index in [1.54, 1.807) is 6.92 Å². The molecule has 1 aliphatic rings. The highest BCUT2D eigenvalue weighted by molar-refractivity contribution is 9.10. The van der Waals surface area contributed by atoms with Gasteiger partial charge in [0.15, 0.2) is 0 Å². The zero-order valence-electron chi connectivity index (χ0n) is 9.59. The van der Waals surface area contributed by atoms with Gasteiger partial charge in [-0.05, 0) is 31.0 Å². The summed E-state index contributed by atoms with van der Waals surface area (Å²) < 4.78 is 37.9. The lowest BCUT2D eigenvalue weighted by molar-refractivity contribution is -0.137. The van der Waals surface area contributed by atoms with Gasteiger partial charge in [0.2, 0.25) is 5.91 Å². The number of benzene rings is 1. The molecule has 0 aromatic heterocycles. The van der Waals surface area contributed by atoms with Gasteiger partial charge >= 0.3 is 6.18 Å². The van der Waals surface area contributed by atoms with Crippen molar-refractivity contribution < 1.29 is 18.0 Å². The monoisotopic (exact) mass is 321 g/mol. The van der Waals surface area contributed by atoms with Crippen LogP contribution in [0.25, 0.3) is 0 Å². The number of hydrogen-bond acceptors (Lipinski definition) is 1. The second-order valence-corrected chi connectivity index (χ2v) is 5.57. The van der Waals surface area contributed by atoms with Crippen molar-refractivity contribution in [2.45, 2.75) is 24.3 Å². The molecule has 1 aromatic rings. The van der Waals surface area contributed by atoms with Gasteiger partial charge in [0, 0.05) is 12.2 Å². The van der Waals surface area contributed by atoms with Gasteiger partial charge in [-0.1, -0.05) is 22.0 Å². The molecule has 0 N–H and O–H groups in total. The van der Waals surface area contributed by atoms with E-state index < -0.39 is 16.6 Å². The van der Waals surface area contributed by atoms with E-state index in [0.717, 1.165) is 17.7 Å². The van der Waals surface area contributed by atoms with Crippen molar-refractivity contribution >= 4 is 27.5 Å². The summed E-state index contributed by atoms with van der Waals surface area (Å²) in [5, 5.41) is 0. The van der Waals surface area contributed by atoms with Crippen LogP contribution in [0.1, 0.15) is 18.1 Å². The third kappa shape index (κ3) is 2.39. The van der Waals surface area contributed by atoms with Crippen molar-refractivity contribution in [1.29, 1.82) is 0 Å². The van der Waals surface area contributed by atoms with Crippen molar-refractivity contribution in [2.75, 3.05) is 11.4 Å². The van der Waals surface area contributed by atoms with Crippen molar-refractivity contribution in [2.24, 2.45) is 0 Å². The molecule has 2 rings (SSSR count). The average molecular weight is 322 g/mol. The van der Waals surface area contributed by atoms with Crippen LogP contribution in [-0.4, -0.2) is 17.3 Å². The largest absolute Gasteiger partial charge is 0.416 e. The van der Waals surface area contributed by atoms with Gasteiger partial charge in [0.05, 0.1) is 10.4 Å². The number of nitrogens with zero attached hydrogens (tertiary/aromatic N) is 1. The third-order valence-electron chi connectivity index (χ3n) is 2.91. The summed E-state index contributed by atoms with van der Waals surface area (Å²) in [5.41, 5.74) is 0.439. The van der Waals surface area contributed by atoms with E-state index in [1.807, 2.05) is 0 Å². The fourth-order valence-corrected chi connectivity index (χ4v) is 2.25. The lowest BCUT2D eigenvalue weighted by Crippen LogP contribution is -2.34. The fraction of sp³-hybridized carbons (Fsp3) is 0.417. The molecule has 1 aliphatic heterocycles. The van der Waals surface area contributed by atoms with Crippen LogP contribution in [0.15, 0.2) is 18.2 Å². The minimum absolute atomic E-state index is 0.215. The molecule has 6 heteroatoms. The highest BCUT2D eigenvalue weighted by Gasteiger charge is 2.34. The smallest absolute Gasteiger partial charge is 0.311 e. The molecule has 0 saturated carbocycles. The molecule has 1 amide bonds. The van der Waals surface area contributed by atoms with Gasteiger partial charge in [-0.15, -0.1) is 0 Å². The van der Waals surface area contributed by atoms with Crippen molar-refractivity contribution in [3.8, 4) is 0 Å². The molecule has 0 bridgehead atoms. The van der Waals surface area contributed by atoms with Crippen LogP contribution in [0.2, 0.25) is 0 Å². The standard InChI is InChI=1S/C12H11BrF3NO/c1-7(13)11(18)17-5-4-8-2-3-9(6-10(8)17)12(14,15)16/h2-3,6-7H,4-5H2,1H3/t7-/m1/s1. The van der Waals surface area contributed by atoms with E-state index in [1.165, 1.54) is 11.0 Å². The Bertz CT molecular complexity index is 485. The maximum absolute atomic E-state index is 12.6. The van der Waals surface area contributed by atoms with E-state index in [9.17, 15) is 18.0 Å². The number of rotatable bonds is 1. The molecular formula is C12H11BrF3NO. The zero-order valence-corrected chi connectivity index (χ0v) is 11.2. The molecule has 0 unspecified atom stereocenters. The first-order valence-electron chi connectivity index (χ1n) is 5.46. The van der Waals surface area contributed by atoms with Crippen LogP contribution in [-0.2, 0) is 17.4 Å². The number of hydrogen-bond donors (Lipinski definition) is 0. The van der Waals surface area contributed by atoms with Crippen molar-refractivity contribution in [3.63, 3.8) is 0 Å². The lowest BCUT2D eigenvalue weighted by Gasteiger charge is -2.19. The minimum atomic E-state index is -4.38. The predicted molar refractivity (Wildman–Crippen MR) is 65.9 cm³/mol. The number of halogens is 4. The summed E-state index contributed by atoms with van der Waals surface area (Å²) in [5.74, 6) is -0.215. The average Bonchev–Trinajstić information content (AvgIpc) is 2.69. The van der Waals surface area contributed by atoms with Crippen LogP contribution in [0.3, 0.4) is 0 Å². The zero-order chi connectivity index (χ0) is 13.5. The maximum atomic E-state index is 12.6. The lowest BCUT2D eigenvalue weighted by atomic mass is 10.1. The molecule has 18 heavy (non-hydrogen) atoms. The second-order valence-electron chi connectivity index (χ2n) is 4.20. The van der Waals surface area contributed by atoms with Crippen molar-refractivity contribution in [3.05, 3.63) is 29.3 Å². The number of fused-ring (bicyclic) bond motifs is 1. The van der Waals surface area contributed by atoms with E-state index >= 15 is 0 Å². The number of carbonyl (C=O) groups excluding carboxylic acids is 1. The molecule has 98 valence electrons. The fourth-order valence-electron chi connectivity index (χ4n) is 2.00. The van der Waals surface area contributed by atoms with Gasteiger partial charge in [-0.3, -0.25) is 4.79 Å². The molecule has 2 nitrogen and oxygen atoms in total. The van der Waals surface area contributed by atoms with Crippen LogP contribution < -0.4 is 4.90 Å². The molecule has 1 atom stereocenters. The van der Waals surface area contributed by atoms with Crippen LogP contribution in [0.5, 0.6) is 0 Å². The molecule has 1 heterocycles. The molecule has 0 fully saturated rings. The molecule has 1 aromatic carbocycles. The van der Waals surface area contributed by atoms with E-state index in [-0.39, 0.29) is 5.91 Å². The van der Waals surface area contributed by atoms with Gasteiger partial charge in [0.1, 0.15) is 0 Å². The summed E-state index contributed by atoms with van der Waals surface area (Å²) in [6.07, 6.45) is -3.79. The van der Waals surface area contributed by atoms with Crippen LogP contribution in [0.4, 0.5) is 18.9 Å². The van der Waals surface area contributed by atoms with Gasteiger partial charge < -0.3 is 4.90 Å². The van der Waals surface area contributed by atoms with Gasteiger partial charge in [0.25, 0.3) is 0 Å². The Hall–Kier alpha value is -1.04. The summed E-state index contributed by atoms with van der Waals surface area (Å²) in [6, 6.07) is 3.56. The summed E-state index contributed by atoms with van der Waals surface area (Å²) in [4.78, 5) is 12.9. The quantitative estimate of drug-likeness (QED) is 0.726. The van der Waals surface area contributed by atoms with Crippen LogP contribution in [0, 0.1) is 0 Å². The third-order valence-corrected chi connectivity index (χ3v) is 3.31. The Balaban J connectivity index is 2.40. The van der Waals surface area contributed by atoms with E-state index in [2.05, 4.69) is 15.9 Å². The molecular weight excluding hydrogens is 311 g/mol. The first-order chi connectivity index (χ1) is 8.30. The maximum Gasteiger partial charge on any atom is 0.416 e. The van der Waals surface area contributed by atoms with E-state index in [4.69, 9.17) is 0 Å². The number of alkyl halides is 4. The van der Waals surface area contributed by atoms with E-state index in [0.29, 0.717) is 18.7 Å². The Kier molecular flexibility index (Phi) is 3.40. The molecule has 0 aliphatic carbocycles. The normalized spacial score (nSPS) is 16.6. The Labute approximate surface area is 111 Å². The van der Waals surface area contributed by atoms with Crippen molar-refractivity contribution in [1.82, 2.24) is 0 Å². The Morgan fingerprint density at radius 3 is 2.67 bits per heavy atom. The van der Waals surface area contributed by atoms with Gasteiger partial charge in [-0.25, -0.2) is 0 Å². The Morgan fingerprint density at radius 2 is 2.11 bits per heavy atom. The minimum Gasteiger partial charge on any atom is -0.311 e. The number of anilines is 1. The topological polar surface area (TPSA) is 20.3 Å².